The van der Waals surface area contributed by atoms with Crippen LogP contribution in [0.25, 0.3) is 0 Å². The predicted molar refractivity (Wildman–Crippen MR) is 75.2 cm³/mol. The zero-order valence-electron chi connectivity index (χ0n) is 11.5. The van der Waals surface area contributed by atoms with Crippen molar-refractivity contribution in [1.29, 1.82) is 0 Å². The first kappa shape index (κ1) is 14.3. The van der Waals surface area contributed by atoms with Gasteiger partial charge in [0.2, 0.25) is 11.8 Å². The van der Waals surface area contributed by atoms with E-state index in [0.29, 0.717) is 24.6 Å². The van der Waals surface area contributed by atoms with E-state index in [2.05, 4.69) is 5.32 Å². The van der Waals surface area contributed by atoms with E-state index in [1.807, 2.05) is 23.1 Å². The molecule has 0 bridgehead atoms. The molecule has 0 spiro atoms. The van der Waals surface area contributed by atoms with Crippen molar-refractivity contribution in [3.63, 3.8) is 0 Å². The molecule has 1 heterocycles. The Labute approximate surface area is 117 Å². The molecular formula is C14H19N3O3. The summed E-state index contributed by atoms with van der Waals surface area (Å²) in [6, 6.07) is 7.03. The molecule has 1 aliphatic rings. The Hall–Kier alpha value is -2.08. The molecule has 0 aliphatic carbocycles. The minimum absolute atomic E-state index is 0.241. The summed E-state index contributed by atoms with van der Waals surface area (Å²) in [5, 5.41) is 2.32. The van der Waals surface area contributed by atoms with Gasteiger partial charge >= 0.3 is 0 Å². The monoisotopic (exact) mass is 277 g/mol. The maximum atomic E-state index is 11.5. The largest absolute Gasteiger partial charge is 0.491 e. The van der Waals surface area contributed by atoms with E-state index < -0.39 is 0 Å². The lowest BCUT2D eigenvalue weighted by atomic mass is 10.2. The van der Waals surface area contributed by atoms with Crippen LogP contribution in [0.4, 0.5) is 5.69 Å². The predicted octanol–water partition coefficient (Wildman–Crippen LogP) is 0.385. The second-order valence-corrected chi connectivity index (χ2v) is 4.80. The van der Waals surface area contributed by atoms with Crippen LogP contribution in [-0.2, 0) is 9.59 Å². The topological polar surface area (TPSA) is 84.7 Å². The van der Waals surface area contributed by atoms with Crippen LogP contribution in [0.5, 0.6) is 5.75 Å². The fourth-order valence-corrected chi connectivity index (χ4v) is 2.10. The van der Waals surface area contributed by atoms with Gasteiger partial charge in [-0.15, -0.1) is 0 Å². The summed E-state index contributed by atoms with van der Waals surface area (Å²) < 4.78 is 5.58. The van der Waals surface area contributed by atoms with Gasteiger partial charge in [0.1, 0.15) is 5.75 Å². The van der Waals surface area contributed by atoms with Gasteiger partial charge in [-0.2, -0.15) is 0 Å². The highest BCUT2D eigenvalue weighted by Gasteiger charge is 2.29. The number of carbonyl (C=O) groups excluding carboxylic acids is 2. The number of nitrogen functional groups attached to an aromatic ring is 1. The van der Waals surface area contributed by atoms with Crippen molar-refractivity contribution in [3.05, 3.63) is 24.3 Å². The van der Waals surface area contributed by atoms with E-state index in [1.165, 1.54) is 0 Å². The zero-order chi connectivity index (χ0) is 14.5. The number of amides is 2. The van der Waals surface area contributed by atoms with Crippen molar-refractivity contribution < 1.29 is 14.3 Å². The molecule has 6 heteroatoms. The van der Waals surface area contributed by atoms with Gasteiger partial charge in [-0.25, -0.2) is 0 Å². The molecule has 1 saturated heterocycles. The van der Waals surface area contributed by atoms with Gasteiger partial charge in [0, 0.05) is 6.54 Å². The fraction of sp³-hybridized carbons (Fsp3) is 0.429. The number of hydrogen-bond acceptors (Lipinski definition) is 5. The summed E-state index contributed by atoms with van der Waals surface area (Å²) in [4.78, 5) is 24.6. The van der Waals surface area contributed by atoms with Crippen LogP contribution in [0.15, 0.2) is 24.3 Å². The summed E-state index contributed by atoms with van der Waals surface area (Å²) in [6.07, 6.45) is 0.721. The van der Waals surface area contributed by atoms with Gasteiger partial charge < -0.3 is 10.5 Å². The van der Waals surface area contributed by atoms with Crippen LogP contribution in [0.3, 0.4) is 0 Å². The first-order valence-electron chi connectivity index (χ1n) is 6.63. The number of hydrogen-bond donors (Lipinski definition) is 2. The average molecular weight is 277 g/mol. The van der Waals surface area contributed by atoms with E-state index in [0.717, 1.165) is 6.42 Å². The van der Waals surface area contributed by atoms with Crippen LogP contribution in [0.1, 0.15) is 13.3 Å². The number of nitrogens with one attached hydrogen (secondary N) is 1. The number of anilines is 1. The smallest absolute Gasteiger partial charge is 0.243 e. The van der Waals surface area contributed by atoms with Gasteiger partial charge in [-0.05, 0) is 25.5 Å². The molecule has 1 aromatic rings. The number of nitrogens with two attached hydrogens (primary N) is 1. The van der Waals surface area contributed by atoms with Crippen molar-refractivity contribution in [2.45, 2.75) is 19.4 Å². The Bertz CT molecular complexity index is 504. The average Bonchev–Trinajstić information content (AvgIpc) is 2.41. The molecule has 1 aromatic carbocycles. The summed E-state index contributed by atoms with van der Waals surface area (Å²) >= 11 is 0. The molecular weight excluding hydrogens is 258 g/mol. The second-order valence-electron chi connectivity index (χ2n) is 4.80. The lowest BCUT2D eigenvalue weighted by molar-refractivity contribution is -0.139. The van der Waals surface area contributed by atoms with Gasteiger partial charge in [-0.3, -0.25) is 19.8 Å². The number of imide groups is 1. The van der Waals surface area contributed by atoms with Crippen LogP contribution in [0.2, 0.25) is 0 Å². The molecule has 0 aromatic heterocycles. The van der Waals surface area contributed by atoms with Crippen LogP contribution in [0, 0.1) is 0 Å². The normalized spacial score (nSPS) is 19.8. The van der Waals surface area contributed by atoms with Gasteiger partial charge in [0.15, 0.2) is 0 Å². The quantitative estimate of drug-likeness (QED) is 0.462. The van der Waals surface area contributed by atoms with Crippen molar-refractivity contribution in [2.75, 3.05) is 25.4 Å². The van der Waals surface area contributed by atoms with E-state index in [1.54, 1.807) is 13.0 Å². The van der Waals surface area contributed by atoms with Gasteiger partial charge in [0.25, 0.3) is 0 Å². The van der Waals surface area contributed by atoms with Crippen LogP contribution < -0.4 is 15.8 Å². The van der Waals surface area contributed by atoms with E-state index >= 15 is 0 Å². The Morgan fingerprint density at radius 3 is 2.90 bits per heavy atom. The molecule has 1 aliphatic heterocycles. The number of benzene rings is 1. The third-order valence-corrected chi connectivity index (χ3v) is 3.30. The second kappa shape index (κ2) is 6.38. The number of carbonyl (C=O) groups is 2. The molecule has 2 amide bonds. The van der Waals surface area contributed by atoms with Crippen LogP contribution in [-0.4, -0.2) is 42.5 Å². The number of ether oxygens (including phenoxy) is 1. The Morgan fingerprint density at radius 1 is 1.40 bits per heavy atom. The molecule has 1 atom stereocenters. The molecule has 1 fully saturated rings. The van der Waals surface area contributed by atoms with E-state index in [4.69, 9.17) is 10.5 Å². The third kappa shape index (κ3) is 3.48. The van der Waals surface area contributed by atoms with Gasteiger partial charge in [-0.1, -0.05) is 12.1 Å². The lowest BCUT2D eigenvalue weighted by Crippen LogP contribution is -2.57. The molecule has 6 nitrogen and oxygen atoms in total. The van der Waals surface area contributed by atoms with Crippen molar-refractivity contribution in [1.82, 2.24) is 10.2 Å². The van der Waals surface area contributed by atoms with Crippen molar-refractivity contribution in [2.24, 2.45) is 0 Å². The first-order chi connectivity index (χ1) is 9.58. The molecule has 20 heavy (non-hydrogen) atoms. The lowest BCUT2D eigenvalue weighted by Gasteiger charge is -2.31. The standard InChI is InChI=1S/C14H19N3O3/c1-10-14(19)16-13(18)9-17(10)7-4-8-20-12-6-3-2-5-11(12)15/h2-3,5-6,10H,4,7-9,15H2,1H3,(H,16,18,19). The Balaban J connectivity index is 1.77. The van der Waals surface area contributed by atoms with Crippen molar-refractivity contribution in [3.8, 4) is 5.75 Å². The molecule has 108 valence electrons. The molecule has 0 saturated carbocycles. The van der Waals surface area contributed by atoms with Crippen molar-refractivity contribution >= 4 is 17.5 Å². The van der Waals surface area contributed by atoms with Gasteiger partial charge in [0.05, 0.1) is 24.9 Å². The minimum atomic E-state index is -0.283. The van der Waals surface area contributed by atoms with Crippen LogP contribution >= 0.6 is 0 Å². The highest BCUT2D eigenvalue weighted by Crippen LogP contribution is 2.19. The zero-order valence-corrected chi connectivity index (χ0v) is 11.5. The number of nitrogens with zero attached hydrogens (tertiary/aromatic N) is 1. The summed E-state index contributed by atoms with van der Waals surface area (Å²) in [7, 11) is 0. The summed E-state index contributed by atoms with van der Waals surface area (Å²) in [5.74, 6) is 0.170. The highest BCUT2D eigenvalue weighted by atomic mass is 16.5. The number of piperazine rings is 1. The maximum Gasteiger partial charge on any atom is 0.243 e. The maximum absolute atomic E-state index is 11.5. The molecule has 1 unspecified atom stereocenters. The molecule has 0 radical (unpaired) electrons. The SMILES string of the molecule is CC1C(=O)NC(=O)CN1CCCOc1ccccc1N. The number of para-hydroxylation sites is 2. The Morgan fingerprint density at radius 2 is 2.15 bits per heavy atom. The highest BCUT2D eigenvalue weighted by molar-refractivity contribution is 6.00. The summed E-state index contributed by atoms with van der Waals surface area (Å²) in [6.45, 7) is 3.17. The molecule has 3 N–H and O–H groups in total. The summed E-state index contributed by atoms with van der Waals surface area (Å²) in [5.41, 5.74) is 6.38. The number of rotatable bonds is 5. The Kier molecular flexibility index (Phi) is 4.57. The third-order valence-electron chi connectivity index (χ3n) is 3.30. The molecule has 2 rings (SSSR count). The fourth-order valence-electron chi connectivity index (χ4n) is 2.10. The first-order valence-corrected chi connectivity index (χ1v) is 6.63. The minimum Gasteiger partial charge on any atom is -0.491 e. The van der Waals surface area contributed by atoms with E-state index in [9.17, 15) is 9.59 Å². The van der Waals surface area contributed by atoms with E-state index in [-0.39, 0.29) is 24.4 Å².